The van der Waals surface area contributed by atoms with Gasteiger partial charge in [-0.25, -0.2) is 0 Å². The maximum absolute atomic E-state index is 8.07. The Hall–Kier alpha value is 3.19. The van der Waals surface area contributed by atoms with Crippen LogP contribution in [0.4, 0.5) is 0 Å². The van der Waals surface area contributed by atoms with E-state index in [2.05, 4.69) is 6.92 Å². The average molecular weight is 172 g/mol. The molecule has 0 bridgehead atoms. The fourth-order valence-electron chi connectivity index (χ4n) is 0.158. The molecule has 0 amide bonds. The summed E-state index contributed by atoms with van der Waals surface area (Å²) >= 11 is 0. The van der Waals surface area contributed by atoms with E-state index in [1.807, 2.05) is 0 Å². The smallest absolute Gasteiger partial charge is 1.00 e. The number of hydrogen-bond donors (Lipinski definition) is 1. The monoisotopic (exact) mass is 172 g/mol. The number of aliphatic hydroxyl groups excluding tert-OH is 1. The zero-order valence-electron chi connectivity index (χ0n) is 8.07. The van der Waals surface area contributed by atoms with Crippen molar-refractivity contribution in [1.29, 1.82) is 0 Å². The molecule has 0 atom stereocenters. The summed E-state index contributed by atoms with van der Waals surface area (Å²) in [6.07, 6.45) is 2.04. The van der Waals surface area contributed by atoms with Crippen LogP contribution in [0.3, 0.4) is 0 Å². The second-order valence-corrected chi connectivity index (χ2v) is 1.08. The van der Waals surface area contributed by atoms with Gasteiger partial charge < -0.3 is 13.4 Å². The molecule has 0 aromatic heterocycles. The van der Waals surface area contributed by atoms with Crippen LogP contribution in [0.15, 0.2) is 0 Å². The van der Waals surface area contributed by atoms with Crippen molar-refractivity contribution < 1.29 is 116 Å². The largest absolute Gasteiger partial charge is 1.00 e. The molecule has 4 heteroatoms. The summed E-state index contributed by atoms with van der Waals surface area (Å²) in [5, 5.41) is 8.07. The van der Waals surface area contributed by atoms with E-state index in [0.717, 1.165) is 12.8 Å². The van der Waals surface area contributed by atoms with Crippen LogP contribution in [0.1, 0.15) is 22.6 Å². The molecule has 0 fully saturated rings. The van der Waals surface area contributed by atoms with Crippen LogP contribution >= 0.6 is 0 Å². The maximum atomic E-state index is 8.07. The second-order valence-electron chi connectivity index (χ2n) is 1.08. The molecule has 2 nitrogen and oxygen atoms in total. The Bertz CT molecular complexity index is 26.7. The minimum atomic E-state index is 0. The second kappa shape index (κ2) is 22.5. The standard InChI is InChI=1S/C4H10O.2K.H2O.2H/c1-2-3-4-5;;;;;/h5H,2-4H2,1H3;;;1H2;;/q;2*+1;;2*-1. The van der Waals surface area contributed by atoms with E-state index in [1.54, 1.807) is 0 Å². The van der Waals surface area contributed by atoms with Crippen LogP contribution < -0.4 is 103 Å². The molecule has 44 valence electrons. The fourth-order valence-corrected chi connectivity index (χ4v) is 0.158. The summed E-state index contributed by atoms with van der Waals surface area (Å²) in [4.78, 5) is 0. The molecule has 0 aromatic rings. The van der Waals surface area contributed by atoms with Crippen molar-refractivity contribution in [1.82, 2.24) is 0 Å². The van der Waals surface area contributed by atoms with Gasteiger partial charge in [-0.15, -0.1) is 0 Å². The zero-order chi connectivity index (χ0) is 4.12. The molecule has 3 N–H and O–H groups in total. The molecule has 0 saturated carbocycles. The summed E-state index contributed by atoms with van der Waals surface area (Å²) < 4.78 is 0. The van der Waals surface area contributed by atoms with E-state index >= 15 is 0 Å². The third kappa shape index (κ3) is 22.9. The molecule has 8 heavy (non-hydrogen) atoms. The van der Waals surface area contributed by atoms with E-state index in [1.165, 1.54) is 0 Å². The molecule has 0 aliphatic carbocycles. The first-order chi connectivity index (χ1) is 2.41. The number of unbranched alkanes of at least 4 members (excludes halogenated alkanes) is 1. The molecule has 0 aromatic carbocycles. The van der Waals surface area contributed by atoms with Gasteiger partial charge in [0.2, 0.25) is 0 Å². The molecular weight excluding hydrogens is 158 g/mol. The fraction of sp³-hybridized carbons (Fsp3) is 1.00. The molecule has 0 aliphatic rings. The molecular formula is C4H14K2O2. The van der Waals surface area contributed by atoms with Gasteiger partial charge in [0.1, 0.15) is 0 Å². The Labute approximate surface area is 139 Å². The van der Waals surface area contributed by atoms with Crippen molar-refractivity contribution in [3.05, 3.63) is 0 Å². The zero-order valence-corrected chi connectivity index (χ0v) is 12.3. The number of rotatable bonds is 2. The number of aliphatic hydroxyl groups is 1. The maximum Gasteiger partial charge on any atom is 1.00 e. The molecule has 0 heterocycles. The third-order valence-electron chi connectivity index (χ3n) is 0.512. The SMILES string of the molecule is CCCCO.O.[H-].[H-].[K+].[K+]. The summed E-state index contributed by atoms with van der Waals surface area (Å²) in [5.74, 6) is 0. The topological polar surface area (TPSA) is 51.7 Å². The van der Waals surface area contributed by atoms with E-state index in [4.69, 9.17) is 5.11 Å². The Morgan fingerprint density at radius 2 is 1.75 bits per heavy atom. The predicted octanol–water partition coefficient (Wildman–Crippen LogP) is -5.81. The van der Waals surface area contributed by atoms with E-state index in [-0.39, 0.29) is 111 Å². The Kier molecular flexibility index (Phi) is 63.1. The van der Waals surface area contributed by atoms with Gasteiger partial charge in [-0.05, 0) is 6.42 Å². The van der Waals surface area contributed by atoms with Gasteiger partial charge in [-0.2, -0.15) is 0 Å². The van der Waals surface area contributed by atoms with Gasteiger partial charge in [0, 0.05) is 6.61 Å². The minimum absolute atomic E-state index is 0. The van der Waals surface area contributed by atoms with Crippen LogP contribution in [-0.4, -0.2) is 17.2 Å². The average Bonchev–Trinajstić information content (AvgIpc) is 1.41. The Balaban J connectivity index is -0.00000000800. The molecule has 0 spiro atoms. The Morgan fingerprint density at radius 1 is 1.38 bits per heavy atom. The summed E-state index contributed by atoms with van der Waals surface area (Å²) in [7, 11) is 0. The Morgan fingerprint density at radius 3 is 1.75 bits per heavy atom. The summed E-state index contributed by atoms with van der Waals surface area (Å²) in [5.41, 5.74) is 0. The number of hydrogen-bond acceptors (Lipinski definition) is 1. The molecule has 0 unspecified atom stereocenters. The van der Waals surface area contributed by atoms with Crippen molar-refractivity contribution in [3.63, 3.8) is 0 Å². The van der Waals surface area contributed by atoms with Crippen molar-refractivity contribution >= 4 is 0 Å². The third-order valence-corrected chi connectivity index (χ3v) is 0.512. The van der Waals surface area contributed by atoms with Gasteiger partial charge >= 0.3 is 103 Å². The van der Waals surface area contributed by atoms with Gasteiger partial charge in [-0.3, -0.25) is 0 Å². The molecule has 0 saturated heterocycles. The van der Waals surface area contributed by atoms with Crippen molar-refractivity contribution in [2.24, 2.45) is 0 Å². The van der Waals surface area contributed by atoms with Crippen molar-refractivity contribution in [2.45, 2.75) is 19.8 Å². The summed E-state index contributed by atoms with van der Waals surface area (Å²) in [6.45, 7) is 2.40. The molecule has 0 aliphatic heterocycles. The van der Waals surface area contributed by atoms with E-state index in [9.17, 15) is 0 Å². The summed E-state index contributed by atoms with van der Waals surface area (Å²) in [6, 6.07) is 0. The van der Waals surface area contributed by atoms with Gasteiger partial charge in [-0.1, -0.05) is 13.3 Å². The molecule has 0 rings (SSSR count). The van der Waals surface area contributed by atoms with Crippen molar-refractivity contribution in [2.75, 3.05) is 6.61 Å². The first kappa shape index (κ1) is 22.5. The van der Waals surface area contributed by atoms with Crippen molar-refractivity contribution in [3.8, 4) is 0 Å². The van der Waals surface area contributed by atoms with E-state index < -0.39 is 0 Å². The molecule has 0 radical (unpaired) electrons. The first-order valence-corrected chi connectivity index (χ1v) is 2.02. The van der Waals surface area contributed by atoms with Crippen LogP contribution in [0, 0.1) is 0 Å². The van der Waals surface area contributed by atoms with Gasteiger partial charge in [0.15, 0.2) is 0 Å². The first-order valence-electron chi connectivity index (χ1n) is 2.02. The van der Waals surface area contributed by atoms with Crippen LogP contribution in [0.2, 0.25) is 0 Å². The van der Waals surface area contributed by atoms with Crippen LogP contribution in [0.5, 0.6) is 0 Å². The van der Waals surface area contributed by atoms with Gasteiger partial charge in [0.25, 0.3) is 0 Å². The minimum Gasteiger partial charge on any atom is -1.00 e. The van der Waals surface area contributed by atoms with Crippen LogP contribution in [0.25, 0.3) is 0 Å². The van der Waals surface area contributed by atoms with Crippen LogP contribution in [-0.2, 0) is 0 Å². The normalized spacial score (nSPS) is 5.25. The van der Waals surface area contributed by atoms with E-state index in [0.29, 0.717) is 6.61 Å². The van der Waals surface area contributed by atoms with Gasteiger partial charge in [0.05, 0.1) is 0 Å². The quantitative estimate of drug-likeness (QED) is 0.415. The predicted molar refractivity (Wildman–Crippen MR) is 27.8 cm³/mol.